The van der Waals surface area contributed by atoms with Crippen molar-refractivity contribution in [1.29, 1.82) is 0 Å². The summed E-state index contributed by atoms with van der Waals surface area (Å²) in [5.41, 5.74) is 2.22. The van der Waals surface area contributed by atoms with Gasteiger partial charge in [-0.25, -0.2) is 4.39 Å². The zero-order chi connectivity index (χ0) is 18.9. The molecule has 0 saturated carbocycles. The maximum absolute atomic E-state index is 12.9. The highest BCUT2D eigenvalue weighted by Gasteiger charge is 2.17. The molecule has 0 aromatic heterocycles. The number of ether oxygens (including phenoxy) is 1. The van der Waals surface area contributed by atoms with Gasteiger partial charge in [0.2, 0.25) is 5.91 Å². The van der Waals surface area contributed by atoms with Gasteiger partial charge in [0.15, 0.2) is 0 Å². The molecule has 0 aliphatic heterocycles. The molecule has 1 amide bonds. The van der Waals surface area contributed by atoms with Gasteiger partial charge in [0.05, 0.1) is 6.54 Å². The Labute approximate surface area is 158 Å². The molecule has 27 heavy (non-hydrogen) atoms. The fourth-order valence-corrected chi connectivity index (χ4v) is 2.95. The maximum Gasteiger partial charge on any atom is 0.221 e. The second-order valence-corrected chi connectivity index (χ2v) is 6.23. The van der Waals surface area contributed by atoms with Gasteiger partial charge in [0.1, 0.15) is 18.2 Å². The van der Waals surface area contributed by atoms with Crippen molar-refractivity contribution in [3.8, 4) is 5.75 Å². The first kappa shape index (κ1) is 18.6. The van der Waals surface area contributed by atoms with Gasteiger partial charge in [-0.1, -0.05) is 60.7 Å². The molecule has 0 bridgehead atoms. The monoisotopic (exact) mass is 363 g/mol. The van der Waals surface area contributed by atoms with E-state index >= 15 is 0 Å². The summed E-state index contributed by atoms with van der Waals surface area (Å²) in [5.74, 6) is 0.251. The van der Waals surface area contributed by atoms with Gasteiger partial charge in [0, 0.05) is 12.3 Å². The van der Waals surface area contributed by atoms with E-state index in [2.05, 4.69) is 5.32 Å². The molecule has 0 fully saturated rings. The van der Waals surface area contributed by atoms with Crippen molar-refractivity contribution in [3.63, 3.8) is 0 Å². The predicted molar refractivity (Wildman–Crippen MR) is 104 cm³/mol. The van der Waals surface area contributed by atoms with Crippen molar-refractivity contribution in [2.75, 3.05) is 13.2 Å². The summed E-state index contributed by atoms with van der Waals surface area (Å²) in [6.07, 6.45) is 0.366. The number of carbonyl (C=O) groups is 1. The number of hydrogen-bond donors (Lipinski definition) is 1. The van der Waals surface area contributed by atoms with E-state index in [1.165, 1.54) is 12.1 Å². The Morgan fingerprint density at radius 1 is 0.852 bits per heavy atom. The topological polar surface area (TPSA) is 38.3 Å². The molecule has 0 spiro atoms. The molecule has 138 valence electrons. The summed E-state index contributed by atoms with van der Waals surface area (Å²) in [5, 5.41) is 2.90. The molecule has 0 radical (unpaired) electrons. The van der Waals surface area contributed by atoms with Crippen molar-refractivity contribution in [2.45, 2.75) is 12.3 Å². The quantitative estimate of drug-likeness (QED) is 0.597. The number of carbonyl (C=O) groups excluding carboxylic acids is 1. The third-order valence-corrected chi connectivity index (χ3v) is 4.30. The number of amides is 1. The Morgan fingerprint density at radius 2 is 1.41 bits per heavy atom. The van der Waals surface area contributed by atoms with E-state index in [1.807, 2.05) is 60.7 Å². The average molecular weight is 363 g/mol. The lowest BCUT2D eigenvalue weighted by atomic mass is 9.88. The van der Waals surface area contributed by atoms with E-state index in [9.17, 15) is 9.18 Å². The van der Waals surface area contributed by atoms with Crippen LogP contribution in [-0.4, -0.2) is 19.1 Å². The molecule has 0 saturated heterocycles. The molecule has 3 aromatic carbocycles. The molecule has 0 aliphatic rings. The van der Waals surface area contributed by atoms with E-state index < -0.39 is 0 Å². The van der Waals surface area contributed by atoms with Crippen LogP contribution < -0.4 is 10.1 Å². The largest absolute Gasteiger partial charge is 0.492 e. The molecular weight excluding hydrogens is 341 g/mol. The molecule has 0 atom stereocenters. The Balaban J connectivity index is 1.54. The molecule has 3 rings (SSSR count). The highest BCUT2D eigenvalue weighted by molar-refractivity contribution is 5.77. The highest BCUT2D eigenvalue weighted by atomic mass is 19.1. The van der Waals surface area contributed by atoms with Gasteiger partial charge in [-0.2, -0.15) is 0 Å². The summed E-state index contributed by atoms with van der Waals surface area (Å²) in [4.78, 5) is 12.4. The van der Waals surface area contributed by atoms with E-state index in [-0.39, 0.29) is 17.6 Å². The van der Waals surface area contributed by atoms with Crippen LogP contribution in [0.1, 0.15) is 23.5 Å². The summed E-state index contributed by atoms with van der Waals surface area (Å²) in [7, 11) is 0. The second kappa shape index (κ2) is 9.53. The zero-order valence-electron chi connectivity index (χ0n) is 15.0. The van der Waals surface area contributed by atoms with Crippen LogP contribution in [0.2, 0.25) is 0 Å². The standard InChI is InChI=1S/C23H22FNO2/c24-20-11-13-21(14-12-20)27-16-15-25-23(26)17-22(18-7-3-1-4-8-18)19-9-5-2-6-10-19/h1-14,22H,15-17H2,(H,25,26). The number of benzene rings is 3. The lowest BCUT2D eigenvalue weighted by molar-refractivity contribution is -0.121. The van der Waals surface area contributed by atoms with Gasteiger partial charge in [-0.3, -0.25) is 4.79 Å². The normalized spacial score (nSPS) is 10.6. The van der Waals surface area contributed by atoms with Gasteiger partial charge >= 0.3 is 0 Å². The van der Waals surface area contributed by atoms with Gasteiger partial charge in [-0.15, -0.1) is 0 Å². The van der Waals surface area contributed by atoms with Crippen molar-refractivity contribution < 1.29 is 13.9 Å². The summed E-state index contributed by atoms with van der Waals surface area (Å²) in [6, 6.07) is 25.9. The minimum absolute atomic E-state index is 0.00502. The Morgan fingerprint density at radius 3 is 1.96 bits per heavy atom. The zero-order valence-corrected chi connectivity index (χ0v) is 15.0. The number of hydrogen-bond acceptors (Lipinski definition) is 2. The van der Waals surface area contributed by atoms with E-state index in [0.717, 1.165) is 11.1 Å². The fourth-order valence-electron chi connectivity index (χ4n) is 2.95. The minimum Gasteiger partial charge on any atom is -0.492 e. The molecule has 0 aliphatic carbocycles. The Kier molecular flexibility index (Phi) is 6.58. The average Bonchev–Trinajstić information content (AvgIpc) is 2.72. The van der Waals surface area contributed by atoms with E-state index in [1.54, 1.807) is 12.1 Å². The smallest absolute Gasteiger partial charge is 0.221 e. The molecular formula is C23H22FNO2. The van der Waals surface area contributed by atoms with Crippen molar-refractivity contribution >= 4 is 5.91 Å². The van der Waals surface area contributed by atoms with Crippen LogP contribution in [0.25, 0.3) is 0 Å². The highest BCUT2D eigenvalue weighted by Crippen LogP contribution is 2.27. The Hall–Kier alpha value is -3.14. The van der Waals surface area contributed by atoms with Crippen LogP contribution in [0.4, 0.5) is 4.39 Å². The fraction of sp³-hybridized carbons (Fsp3) is 0.174. The van der Waals surface area contributed by atoms with Crippen molar-refractivity contribution in [1.82, 2.24) is 5.32 Å². The van der Waals surface area contributed by atoms with Gasteiger partial charge in [0.25, 0.3) is 0 Å². The third-order valence-electron chi connectivity index (χ3n) is 4.30. The number of rotatable bonds is 8. The van der Waals surface area contributed by atoms with E-state index in [0.29, 0.717) is 25.3 Å². The minimum atomic E-state index is -0.302. The maximum atomic E-state index is 12.9. The molecule has 0 heterocycles. The lowest BCUT2D eigenvalue weighted by Gasteiger charge is -2.18. The summed E-state index contributed by atoms with van der Waals surface area (Å²) < 4.78 is 18.4. The van der Waals surface area contributed by atoms with Crippen LogP contribution in [0, 0.1) is 5.82 Å². The molecule has 3 nitrogen and oxygen atoms in total. The van der Waals surface area contributed by atoms with Crippen LogP contribution in [0.5, 0.6) is 5.75 Å². The Bertz CT molecular complexity index is 796. The van der Waals surface area contributed by atoms with Crippen molar-refractivity contribution in [2.24, 2.45) is 0 Å². The number of halogens is 1. The molecule has 0 unspecified atom stereocenters. The van der Waals surface area contributed by atoms with Crippen LogP contribution in [0.3, 0.4) is 0 Å². The first-order valence-electron chi connectivity index (χ1n) is 8.97. The van der Waals surface area contributed by atoms with Crippen molar-refractivity contribution in [3.05, 3.63) is 102 Å². The first-order chi connectivity index (χ1) is 13.2. The summed E-state index contributed by atoms with van der Waals surface area (Å²) in [6.45, 7) is 0.727. The lowest BCUT2D eigenvalue weighted by Crippen LogP contribution is -2.29. The van der Waals surface area contributed by atoms with Gasteiger partial charge < -0.3 is 10.1 Å². The molecule has 4 heteroatoms. The van der Waals surface area contributed by atoms with Crippen LogP contribution >= 0.6 is 0 Å². The van der Waals surface area contributed by atoms with Crippen LogP contribution in [0.15, 0.2) is 84.9 Å². The first-order valence-corrected chi connectivity index (χ1v) is 8.97. The molecule has 1 N–H and O–H groups in total. The van der Waals surface area contributed by atoms with Crippen LogP contribution in [-0.2, 0) is 4.79 Å². The van der Waals surface area contributed by atoms with E-state index in [4.69, 9.17) is 4.74 Å². The molecule has 3 aromatic rings. The predicted octanol–water partition coefficient (Wildman–Crippen LogP) is 4.54. The second-order valence-electron chi connectivity index (χ2n) is 6.23. The van der Waals surface area contributed by atoms with Gasteiger partial charge in [-0.05, 0) is 35.4 Å². The SMILES string of the molecule is O=C(CC(c1ccccc1)c1ccccc1)NCCOc1ccc(F)cc1. The number of nitrogens with one attached hydrogen (secondary N) is 1. The summed E-state index contributed by atoms with van der Waals surface area (Å²) >= 11 is 0. The third kappa shape index (κ3) is 5.68.